The molecule has 5 nitrogen and oxygen atoms in total. The summed E-state index contributed by atoms with van der Waals surface area (Å²) in [7, 11) is -3.99. The van der Waals surface area contributed by atoms with Crippen LogP contribution in [0.25, 0.3) is 0 Å². The minimum atomic E-state index is -3.99. The van der Waals surface area contributed by atoms with Crippen LogP contribution in [0.2, 0.25) is 0 Å². The largest absolute Gasteiger partial charge is 0.425 e. The van der Waals surface area contributed by atoms with Crippen molar-refractivity contribution >= 4 is 16.1 Å². The second kappa shape index (κ2) is 7.37. The summed E-state index contributed by atoms with van der Waals surface area (Å²) in [4.78, 5) is 11.8. The van der Waals surface area contributed by atoms with Crippen LogP contribution in [0, 0.1) is 6.92 Å². The molecule has 0 atom stereocenters. The van der Waals surface area contributed by atoms with Crippen molar-refractivity contribution in [2.45, 2.75) is 38.0 Å². The van der Waals surface area contributed by atoms with Gasteiger partial charge in [-0.05, 0) is 42.2 Å². The summed E-state index contributed by atoms with van der Waals surface area (Å²) in [5.74, 6) is -0.437. The fourth-order valence-corrected chi connectivity index (χ4v) is 2.94. The van der Waals surface area contributed by atoms with E-state index in [0.29, 0.717) is 5.75 Å². The van der Waals surface area contributed by atoms with Gasteiger partial charge in [0.2, 0.25) is 0 Å². The molecule has 0 aliphatic carbocycles. The first-order valence-corrected chi connectivity index (χ1v) is 9.26. The van der Waals surface area contributed by atoms with Gasteiger partial charge in [0.05, 0.1) is 4.90 Å². The molecule has 0 aliphatic rings. The van der Waals surface area contributed by atoms with Crippen LogP contribution in [0.15, 0.2) is 53.4 Å². The third kappa shape index (κ3) is 5.41. The number of benzene rings is 2. The van der Waals surface area contributed by atoms with Gasteiger partial charge in [-0.3, -0.25) is 4.18 Å². The predicted molar refractivity (Wildman–Crippen MR) is 95.1 cm³/mol. The van der Waals surface area contributed by atoms with Crippen molar-refractivity contribution in [3.05, 3.63) is 59.7 Å². The van der Waals surface area contributed by atoms with Crippen molar-refractivity contribution in [2.75, 3.05) is 6.61 Å². The van der Waals surface area contributed by atoms with E-state index in [2.05, 4.69) is 20.8 Å². The normalized spacial score (nSPS) is 12.0. The lowest BCUT2D eigenvalue weighted by Gasteiger charge is -2.18. The maximum atomic E-state index is 12.0. The maximum Gasteiger partial charge on any atom is 0.339 e. The Hall–Kier alpha value is -2.18. The van der Waals surface area contributed by atoms with Crippen molar-refractivity contribution in [1.82, 2.24) is 0 Å². The number of carbonyl (C=O) groups is 1. The smallest absolute Gasteiger partial charge is 0.339 e. The minimum Gasteiger partial charge on any atom is -0.425 e. The number of hydrogen-bond donors (Lipinski definition) is 0. The summed E-state index contributed by atoms with van der Waals surface area (Å²) in [5, 5.41) is 0. The quantitative estimate of drug-likeness (QED) is 0.462. The van der Waals surface area contributed by atoms with Crippen LogP contribution in [-0.4, -0.2) is 21.0 Å². The number of hydrogen-bond acceptors (Lipinski definition) is 5. The summed E-state index contributed by atoms with van der Waals surface area (Å²) in [6.45, 7) is 7.41. The van der Waals surface area contributed by atoms with Crippen molar-refractivity contribution in [2.24, 2.45) is 0 Å². The van der Waals surface area contributed by atoms with Gasteiger partial charge >= 0.3 is 5.97 Å². The molecule has 0 fully saturated rings. The molecule has 0 heterocycles. The Labute approximate surface area is 148 Å². The summed E-state index contributed by atoms with van der Waals surface area (Å²) in [5.41, 5.74) is 2.02. The molecule has 0 amide bonds. The molecule has 2 rings (SSSR count). The minimum absolute atomic E-state index is 0.000398. The van der Waals surface area contributed by atoms with Gasteiger partial charge in [-0.2, -0.15) is 8.42 Å². The van der Waals surface area contributed by atoms with E-state index in [9.17, 15) is 13.2 Å². The van der Waals surface area contributed by atoms with E-state index in [1.165, 1.54) is 12.1 Å². The summed E-state index contributed by atoms with van der Waals surface area (Å²) >= 11 is 0. The van der Waals surface area contributed by atoms with E-state index in [1.54, 1.807) is 24.3 Å². The van der Waals surface area contributed by atoms with Crippen molar-refractivity contribution in [1.29, 1.82) is 0 Å². The Morgan fingerprint density at radius 1 is 0.960 bits per heavy atom. The van der Waals surface area contributed by atoms with Gasteiger partial charge in [-0.25, -0.2) is 4.79 Å². The van der Waals surface area contributed by atoms with E-state index in [0.717, 1.165) is 11.1 Å². The molecule has 0 bridgehead atoms. The molecule has 25 heavy (non-hydrogen) atoms. The predicted octanol–water partition coefficient (Wildman–Crippen LogP) is 3.60. The Balaban J connectivity index is 1.95. The van der Waals surface area contributed by atoms with Crippen molar-refractivity contribution in [3.63, 3.8) is 0 Å². The van der Waals surface area contributed by atoms with Gasteiger partial charge < -0.3 is 4.74 Å². The second-order valence-electron chi connectivity index (χ2n) is 6.78. The SMILES string of the molecule is Cc1ccc(S(=O)(=O)OCC(=O)Oc2ccc(C(C)(C)C)cc2)cc1. The van der Waals surface area contributed by atoms with E-state index in [4.69, 9.17) is 8.92 Å². The van der Waals surface area contributed by atoms with Crippen LogP contribution in [0.1, 0.15) is 31.9 Å². The van der Waals surface area contributed by atoms with Crippen LogP contribution < -0.4 is 4.74 Å². The van der Waals surface area contributed by atoms with Gasteiger partial charge in [0.25, 0.3) is 10.1 Å². The molecule has 6 heteroatoms. The van der Waals surface area contributed by atoms with Crippen LogP contribution in [0.5, 0.6) is 5.75 Å². The monoisotopic (exact) mass is 362 g/mol. The molecule has 0 unspecified atom stereocenters. The second-order valence-corrected chi connectivity index (χ2v) is 8.39. The molecule has 134 valence electrons. The number of esters is 1. The molecule has 0 N–H and O–H groups in total. The lowest BCUT2D eigenvalue weighted by Crippen LogP contribution is -2.19. The molecule has 0 saturated carbocycles. The zero-order valence-corrected chi connectivity index (χ0v) is 15.6. The standard InChI is InChI=1S/C19H22O5S/c1-14-5-11-17(12-6-14)25(21,22)23-13-18(20)24-16-9-7-15(8-10-16)19(2,3)4/h5-12H,13H2,1-4H3. The molecule has 2 aromatic rings. The van der Waals surface area contributed by atoms with Gasteiger partial charge in [-0.15, -0.1) is 0 Å². The molecular formula is C19H22O5S. The number of aryl methyl sites for hydroxylation is 1. The highest BCUT2D eigenvalue weighted by atomic mass is 32.2. The Morgan fingerprint density at radius 2 is 1.52 bits per heavy atom. The average Bonchev–Trinajstić information content (AvgIpc) is 2.53. The topological polar surface area (TPSA) is 69.7 Å². The van der Waals surface area contributed by atoms with Crippen LogP contribution in [0.4, 0.5) is 0 Å². The Kier molecular flexibility index (Phi) is 5.65. The fourth-order valence-electron chi connectivity index (χ4n) is 2.08. The zero-order chi connectivity index (χ0) is 18.7. The Morgan fingerprint density at radius 3 is 2.04 bits per heavy atom. The zero-order valence-electron chi connectivity index (χ0n) is 14.8. The third-order valence-corrected chi connectivity index (χ3v) is 4.87. The molecule has 0 aliphatic heterocycles. The lowest BCUT2D eigenvalue weighted by atomic mass is 9.87. The number of carbonyl (C=O) groups excluding carboxylic acids is 1. The summed E-state index contributed by atoms with van der Waals surface area (Å²) in [6, 6.07) is 13.3. The molecule has 2 aromatic carbocycles. The van der Waals surface area contributed by atoms with E-state index in [-0.39, 0.29) is 10.3 Å². The molecule has 0 saturated heterocycles. The van der Waals surface area contributed by atoms with Gasteiger partial charge in [0.15, 0.2) is 6.61 Å². The average molecular weight is 362 g/mol. The number of rotatable bonds is 5. The van der Waals surface area contributed by atoms with E-state index < -0.39 is 22.7 Å². The van der Waals surface area contributed by atoms with Crippen molar-refractivity contribution < 1.29 is 22.1 Å². The molecule has 0 radical (unpaired) electrons. The highest BCUT2D eigenvalue weighted by Crippen LogP contribution is 2.24. The van der Waals surface area contributed by atoms with Gasteiger partial charge in [0.1, 0.15) is 5.75 Å². The van der Waals surface area contributed by atoms with Gasteiger partial charge in [0, 0.05) is 0 Å². The maximum absolute atomic E-state index is 12.0. The molecule has 0 aromatic heterocycles. The highest BCUT2D eigenvalue weighted by molar-refractivity contribution is 7.86. The fraction of sp³-hybridized carbons (Fsp3) is 0.316. The van der Waals surface area contributed by atoms with Crippen molar-refractivity contribution in [3.8, 4) is 5.75 Å². The first kappa shape index (κ1) is 19.1. The molecular weight excluding hydrogens is 340 g/mol. The third-order valence-electron chi connectivity index (χ3n) is 3.59. The van der Waals surface area contributed by atoms with Gasteiger partial charge in [-0.1, -0.05) is 50.6 Å². The van der Waals surface area contributed by atoms with Crippen LogP contribution in [0.3, 0.4) is 0 Å². The highest BCUT2D eigenvalue weighted by Gasteiger charge is 2.18. The number of ether oxygens (including phenoxy) is 1. The van der Waals surface area contributed by atoms with Crippen LogP contribution >= 0.6 is 0 Å². The first-order valence-electron chi connectivity index (χ1n) is 7.85. The lowest BCUT2D eigenvalue weighted by molar-refractivity contribution is -0.136. The summed E-state index contributed by atoms with van der Waals surface area (Å²) in [6.07, 6.45) is 0. The van der Waals surface area contributed by atoms with E-state index >= 15 is 0 Å². The Bertz CT molecular complexity index is 829. The van der Waals surface area contributed by atoms with E-state index in [1.807, 2.05) is 19.1 Å². The van der Waals surface area contributed by atoms with Crippen LogP contribution in [-0.2, 0) is 24.5 Å². The summed E-state index contributed by atoms with van der Waals surface area (Å²) < 4.78 is 33.9. The first-order chi connectivity index (χ1) is 11.6. The molecule has 0 spiro atoms.